The minimum Gasteiger partial charge on any atom is -0.459 e. The first-order valence-electron chi connectivity index (χ1n) is 6.79. The molecule has 6 nitrogen and oxygen atoms in total. The van der Waals surface area contributed by atoms with Crippen LogP contribution in [0.3, 0.4) is 0 Å². The lowest BCUT2D eigenvalue weighted by Gasteiger charge is -2.10. The number of carbonyl (C=O) groups is 2. The van der Waals surface area contributed by atoms with Crippen LogP contribution in [0.2, 0.25) is 5.02 Å². The zero-order chi connectivity index (χ0) is 15.9. The van der Waals surface area contributed by atoms with E-state index in [9.17, 15) is 9.59 Å². The van der Waals surface area contributed by atoms with Crippen molar-refractivity contribution >= 4 is 34.9 Å². The summed E-state index contributed by atoms with van der Waals surface area (Å²) >= 11 is 6.11. The van der Waals surface area contributed by atoms with Crippen molar-refractivity contribution < 1.29 is 14.0 Å². The van der Waals surface area contributed by atoms with E-state index in [2.05, 4.69) is 16.0 Å². The Balaban J connectivity index is 2.00. The van der Waals surface area contributed by atoms with E-state index in [1.54, 1.807) is 30.3 Å². The summed E-state index contributed by atoms with van der Waals surface area (Å²) in [6, 6.07) is 7.69. The molecule has 7 heteroatoms. The number of hydrogen-bond acceptors (Lipinski definition) is 3. The van der Waals surface area contributed by atoms with Crippen LogP contribution in [0.5, 0.6) is 0 Å². The zero-order valence-electron chi connectivity index (χ0n) is 12.0. The van der Waals surface area contributed by atoms with Crippen LogP contribution in [0.1, 0.15) is 23.9 Å². The van der Waals surface area contributed by atoms with Gasteiger partial charge >= 0.3 is 6.03 Å². The van der Waals surface area contributed by atoms with Crippen molar-refractivity contribution in [3.8, 4) is 0 Å². The maximum atomic E-state index is 11.9. The molecule has 0 atom stereocenters. The third-order valence-electron chi connectivity index (χ3n) is 2.76. The van der Waals surface area contributed by atoms with Gasteiger partial charge in [0.25, 0.3) is 5.91 Å². The second kappa shape index (κ2) is 7.51. The number of nitrogens with one attached hydrogen (secondary N) is 3. The molecule has 2 aromatic rings. The van der Waals surface area contributed by atoms with Crippen LogP contribution in [-0.4, -0.2) is 18.5 Å². The Bertz CT molecular complexity index is 656. The van der Waals surface area contributed by atoms with E-state index in [1.165, 1.54) is 6.26 Å². The molecule has 0 bridgehead atoms. The number of carbonyl (C=O) groups excluding carboxylic acids is 2. The SMILES string of the molecule is CCCNC(=O)Nc1ccc(NC(=O)c2ccco2)c(Cl)c1. The van der Waals surface area contributed by atoms with Crippen LogP contribution >= 0.6 is 11.6 Å². The van der Waals surface area contributed by atoms with Crippen molar-refractivity contribution in [2.45, 2.75) is 13.3 Å². The van der Waals surface area contributed by atoms with Crippen molar-refractivity contribution in [2.75, 3.05) is 17.2 Å². The standard InChI is InChI=1S/C15H16ClN3O3/c1-2-7-17-15(21)18-10-5-6-12(11(16)9-10)19-14(20)13-4-3-8-22-13/h3-6,8-9H,2,7H2,1H3,(H,19,20)(H2,17,18,21). The number of furan rings is 1. The summed E-state index contributed by atoms with van der Waals surface area (Å²) in [6.45, 7) is 2.56. The first-order valence-corrected chi connectivity index (χ1v) is 7.17. The summed E-state index contributed by atoms with van der Waals surface area (Å²) in [4.78, 5) is 23.4. The quantitative estimate of drug-likeness (QED) is 0.784. The highest BCUT2D eigenvalue weighted by Gasteiger charge is 2.11. The topological polar surface area (TPSA) is 83.4 Å². The van der Waals surface area contributed by atoms with Crippen LogP contribution < -0.4 is 16.0 Å². The average Bonchev–Trinajstić information content (AvgIpc) is 3.02. The van der Waals surface area contributed by atoms with E-state index in [4.69, 9.17) is 16.0 Å². The van der Waals surface area contributed by atoms with Crippen molar-refractivity contribution in [2.24, 2.45) is 0 Å². The smallest absolute Gasteiger partial charge is 0.319 e. The van der Waals surface area contributed by atoms with Gasteiger partial charge in [-0.3, -0.25) is 4.79 Å². The number of benzene rings is 1. The van der Waals surface area contributed by atoms with Gasteiger partial charge in [-0.1, -0.05) is 18.5 Å². The van der Waals surface area contributed by atoms with Gasteiger partial charge in [0.15, 0.2) is 5.76 Å². The highest BCUT2D eigenvalue weighted by molar-refractivity contribution is 6.34. The van der Waals surface area contributed by atoms with Crippen LogP contribution in [0.25, 0.3) is 0 Å². The molecule has 0 radical (unpaired) electrons. The fraction of sp³-hybridized carbons (Fsp3) is 0.200. The molecule has 3 amide bonds. The lowest BCUT2D eigenvalue weighted by Crippen LogP contribution is -2.29. The minimum absolute atomic E-state index is 0.192. The van der Waals surface area contributed by atoms with E-state index in [1.807, 2.05) is 6.92 Å². The number of halogens is 1. The average molecular weight is 322 g/mol. The summed E-state index contributed by atoms with van der Waals surface area (Å²) in [5.41, 5.74) is 0.970. The monoisotopic (exact) mass is 321 g/mol. The largest absolute Gasteiger partial charge is 0.459 e. The number of rotatable bonds is 5. The molecule has 1 aromatic carbocycles. The maximum Gasteiger partial charge on any atom is 0.319 e. The predicted molar refractivity (Wildman–Crippen MR) is 85.4 cm³/mol. The van der Waals surface area contributed by atoms with Gasteiger partial charge in [-0.2, -0.15) is 0 Å². The van der Waals surface area contributed by atoms with E-state index < -0.39 is 5.91 Å². The molecule has 0 saturated carbocycles. The van der Waals surface area contributed by atoms with E-state index in [0.29, 0.717) is 22.9 Å². The molecular formula is C15H16ClN3O3. The van der Waals surface area contributed by atoms with Gasteiger partial charge < -0.3 is 20.4 Å². The molecule has 2 rings (SSSR count). The van der Waals surface area contributed by atoms with Gasteiger partial charge in [0.2, 0.25) is 0 Å². The molecule has 0 aliphatic rings. The van der Waals surface area contributed by atoms with Crippen molar-refractivity contribution in [3.05, 3.63) is 47.4 Å². The molecule has 0 aliphatic heterocycles. The Morgan fingerprint density at radius 2 is 2.05 bits per heavy atom. The van der Waals surface area contributed by atoms with E-state index in [0.717, 1.165) is 6.42 Å². The lowest BCUT2D eigenvalue weighted by molar-refractivity contribution is 0.0996. The zero-order valence-corrected chi connectivity index (χ0v) is 12.7. The molecule has 22 heavy (non-hydrogen) atoms. The summed E-state index contributed by atoms with van der Waals surface area (Å²) in [6.07, 6.45) is 2.27. The van der Waals surface area contributed by atoms with Crippen molar-refractivity contribution in [1.29, 1.82) is 0 Å². The third-order valence-corrected chi connectivity index (χ3v) is 3.07. The van der Waals surface area contributed by atoms with Gasteiger partial charge in [0, 0.05) is 12.2 Å². The van der Waals surface area contributed by atoms with Crippen LogP contribution in [-0.2, 0) is 0 Å². The summed E-state index contributed by atoms with van der Waals surface area (Å²) in [7, 11) is 0. The molecule has 116 valence electrons. The second-order valence-electron chi connectivity index (χ2n) is 4.51. The van der Waals surface area contributed by atoms with Gasteiger partial charge in [-0.25, -0.2) is 4.79 Å². The Morgan fingerprint density at radius 3 is 2.68 bits per heavy atom. The highest BCUT2D eigenvalue weighted by Crippen LogP contribution is 2.26. The summed E-state index contributed by atoms with van der Waals surface area (Å²) in [5, 5.41) is 8.30. The molecule has 0 fully saturated rings. The minimum atomic E-state index is -0.395. The first-order chi connectivity index (χ1) is 10.6. The van der Waals surface area contributed by atoms with Gasteiger partial charge in [0.1, 0.15) is 0 Å². The van der Waals surface area contributed by atoms with Crippen molar-refractivity contribution in [3.63, 3.8) is 0 Å². The summed E-state index contributed by atoms with van der Waals surface area (Å²) in [5.74, 6) is -0.203. The molecule has 0 saturated heterocycles. The Hall–Kier alpha value is -2.47. The molecular weight excluding hydrogens is 306 g/mol. The lowest BCUT2D eigenvalue weighted by atomic mass is 10.2. The van der Waals surface area contributed by atoms with Gasteiger partial charge in [0.05, 0.1) is 17.0 Å². The first kappa shape index (κ1) is 15.9. The number of urea groups is 1. The normalized spacial score (nSPS) is 10.1. The van der Waals surface area contributed by atoms with E-state index >= 15 is 0 Å². The predicted octanol–water partition coefficient (Wildman–Crippen LogP) is 3.72. The Morgan fingerprint density at radius 1 is 1.23 bits per heavy atom. The Kier molecular flexibility index (Phi) is 5.43. The van der Waals surface area contributed by atoms with Gasteiger partial charge in [-0.15, -0.1) is 0 Å². The summed E-state index contributed by atoms with van der Waals surface area (Å²) < 4.78 is 5.00. The molecule has 0 spiro atoms. The van der Waals surface area contributed by atoms with Crippen molar-refractivity contribution in [1.82, 2.24) is 5.32 Å². The molecule has 0 aliphatic carbocycles. The number of anilines is 2. The molecule has 1 aromatic heterocycles. The molecule has 1 heterocycles. The van der Waals surface area contributed by atoms with E-state index in [-0.39, 0.29) is 11.8 Å². The highest BCUT2D eigenvalue weighted by atomic mass is 35.5. The third kappa shape index (κ3) is 4.26. The maximum absolute atomic E-state index is 11.9. The number of hydrogen-bond donors (Lipinski definition) is 3. The van der Waals surface area contributed by atoms with Crippen LogP contribution in [0, 0.1) is 0 Å². The molecule has 3 N–H and O–H groups in total. The fourth-order valence-electron chi connectivity index (χ4n) is 1.70. The van der Waals surface area contributed by atoms with Crippen LogP contribution in [0.15, 0.2) is 41.0 Å². The second-order valence-corrected chi connectivity index (χ2v) is 4.91. The molecule has 0 unspecified atom stereocenters. The van der Waals surface area contributed by atoms with Gasteiger partial charge in [-0.05, 0) is 36.8 Å². The fourth-order valence-corrected chi connectivity index (χ4v) is 1.93. The number of amides is 3. The Labute approximate surface area is 132 Å². The van der Waals surface area contributed by atoms with Crippen LogP contribution in [0.4, 0.5) is 16.2 Å².